The maximum absolute atomic E-state index is 13.2. The molecule has 4 nitrogen and oxygen atoms in total. The second kappa shape index (κ2) is 4.87. The van der Waals surface area contributed by atoms with E-state index in [0.717, 1.165) is 12.1 Å². The molecular weight excluding hydrogens is 274 g/mol. The van der Waals surface area contributed by atoms with E-state index in [2.05, 4.69) is 5.32 Å². The number of piperidine rings is 1. The zero-order valence-electron chi connectivity index (χ0n) is 9.99. The molecule has 1 N–H and O–H groups in total. The van der Waals surface area contributed by atoms with Crippen LogP contribution in [0.15, 0.2) is 23.1 Å². The Morgan fingerprint density at radius 1 is 1.21 bits per heavy atom. The highest BCUT2D eigenvalue weighted by Crippen LogP contribution is 2.33. The van der Waals surface area contributed by atoms with Crippen molar-refractivity contribution in [2.75, 3.05) is 13.1 Å². The second-order valence-electron chi connectivity index (χ2n) is 4.44. The van der Waals surface area contributed by atoms with E-state index in [1.807, 2.05) is 6.07 Å². The van der Waals surface area contributed by atoms with Crippen molar-refractivity contribution in [2.45, 2.75) is 22.5 Å². The summed E-state index contributed by atoms with van der Waals surface area (Å²) in [6, 6.07) is 4.23. The maximum Gasteiger partial charge on any atom is 0.197 e. The van der Waals surface area contributed by atoms with Crippen molar-refractivity contribution >= 4 is 9.84 Å². The third kappa shape index (κ3) is 2.22. The van der Waals surface area contributed by atoms with E-state index >= 15 is 0 Å². The standard InChI is InChI=1S/C12H12F2N2O2S/c13-10-2-1-9(7-11(10)14)19(17,18)12(8-15)3-5-16-6-4-12/h1-2,7,16H,3-6H2. The Labute approximate surface area is 110 Å². The molecule has 19 heavy (non-hydrogen) atoms. The van der Waals surface area contributed by atoms with Crippen molar-refractivity contribution in [3.8, 4) is 6.07 Å². The fraction of sp³-hybridized carbons (Fsp3) is 0.417. The van der Waals surface area contributed by atoms with Gasteiger partial charge in [0, 0.05) is 0 Å². The van der Waals surface area contributed by atoms with Crippen LogP contribution in [0.4, 0.5) is 8.78 Å². The second-order valence-corrected chi connectivity index (χ2v) is 6.70. The first kappa shape index (κ1) is 13.9. The molecule has 1 aromatic carbocycles. The predicted molar refractivity (Wildman–Crippen MR) is 64.0 cm³/mol. The van der Waals surface area contributed by atoms with Crippen LogP contribution < -0.4 is 5.32 Å². The summed E-state index contributed by atoms with van der Waals surface area (Å²) >= 11 is 0. The normalized spacial score (nSPS) is 18.8. The third-order valence-electron chi connectivity index (χ3n) is 3.33. The van der Waals surface area contributed by atoms with Gasteiger partial charge in [-0.2, -0.15) is 5.26 Å². The topological polar surface area (TPSA) is 70.0 Å². The molecule has 0 radical (unpaired) electrons. The van der Waals surface area contributed by atoms with Crippen molar-refractivity contribution in [2.24, 2.45) is 0 Å². The number of benzene rings is 1. The summed E-state index contributed by atoms with van der Waals surface area (Å²) < 4.78 is 49.4. The van der Waals surface area contributed by atoms with Gasteiger partial charge in [0.1, 0.15) is 0 Å². The summed E-state index contributed by atoms with van der Waals surface area (Å²) in [5, 5.41) is 12.2. The Kier molecular flexibility index (Phi) is 3.56. The van der Waals surface area contributed by atoms with Gasteiger partial charge in [-0.3, -0.25) is 0 Å². The molecule has 7 heteroatoms. The van der Waals surface area contributed by atoms with Crippen LogP contribution in [0.5, 0.6) is 0 Å². The van der Waals surface area contributed by atoms with Gasteiger partial charge in [0.15, 0.2) is 26.2 Å². The van der Waals surface area contributed by atoms with Gasteiger partial charge in [-0.15, -0.1) is 0 Å². The first-order chi connectivity index (χ1) is 8.93. The lowest BCUT2D eigenvalue weighted by Gasteiger charge is -2.30. The Bertz CT molecular complexity index is 632. The average molecular weight is 286 g/mol. The third-order valence-corrected chi connectivity index (χ3v) is 5.73. The number of sulfone groups is 1. The monoisotopic (exact) mass is 286 g/mol. The number of hydrogen-bond acceptors (Lipinski definition) is 4. The average Bonchev–Trinajstić information content (AvgIpc) is 2.42. The molecule has 1 heterocycles. The minimum Gasteiger partial charge on any atom is -0.317 e. The van der Waals surface area contributed by atoms with Gasteiger partial charge in [-0.25, -0.2) is 17.2 Å². The van der Waals surface area contributed by atoms with E-state index < -0.39 is 26.2 Å². The van der Waals surface area contributed by atoms with Crippen molar-refractivity contribution in [1.82, 2.24) is 5.32 Å². The van der Waals surface area contributed by atoms with Crippen molar-refractivity contribution in [3.63, 3.8) is 0 Å². The molecule has 0 amide bonds. The minimum atomic E-state index is -4.02. The van der Waals surface area contributed by atoms with Gasteiger partial charge < -0.3 is 5.32 Å². The highest BCUT2D eigenvalue weighted by molar-refractivity contribution is 7.93. The molecule has 0 aromatic heterocycles. The summed E-state index contributed by atoms with van der Waals surface area (Å²) in [5.74, 6) is -2.35. The van der Waals surface area contributed by atoms with Gasteiger partial charge in [0.2, 0.25) is 0 Å². The molecule has 1 aliphatic heterocycles. The molecule has 1 aliphatic rings. The molecule has 0 saturated carbocycles. The van der Waals surface area contributed by atoms with Crippen LogP contribution in [-0.2, 0) is 9.84 Å². The van der Waals surface area contributed by atoms with E-state index in [4.69, 9.17) is 0 Å². The van der Waals surface area contributed by atoms with Crippen LogP contribution in [0.2, 0.25) is 0 Å². The molecule has 0 spiro atoms. The van der Waals surface area contributed by atoms with Crippen LogP contribution in [0.3, 0.4) is 0 Å². The molecular formula is C12H12F2N2O2S. The summed E-state index contributed by atoms with van der Waals surface area (Å²) in [6.07, 6.45) is 0.260. The smallest absolute Gasteiger partial charge is 0.197 e. The van der Waals surface area contributed by atoms with E-state index in [0.29, 0.717) is 19.2 Å². The van der Waals surface area contributed by atoms with Gasteiger partial charge in [-0.1, -0.05) is 0 Å². The highest BCUT2D eigenvalue weighted by atomic mass is 32.2. The summed E-state index contributed by atoms with van der Waals surface area (Å²) in [6.45, 7) is 0.799. The highest BCUT2D eigenvalue weighted by Gasteiger charge is 2.46. The quantitative estimate of drug-likeness (QED) is 0.834. The zero-order chi connectivity index (χ0) is 14.1. The Hall–Kier alpha value is -1.52. The van der Waals surface area contributed by atoms with Crippen LogP contribution in [0.1, 0.15) is 12.8 Å². The van der Waals surface area contributed by atoms with E-state index in [9.17, 15) is 22.5 Å². The number of hydrogen-bond donors (Lipinski definition) is 1. The fourth-order valence-corrected chi connectivity index (χ4v) is 3.96. The molecule has 0 aliphatic carbocycles. The molecule has 1 saturated heterocycles. The van der Waals surface area contributed by atoms with Crippen molar-refractivity contribution in [1.29, 1.82) is 5.26 Å². The molecule has 1 aromatic rings. The zero-order valence-corrected chi connectivity index (χ0v) is 10.8. The van der Waals surface area contributed by atoms with E-state index in [-0.39, 0.29) is 17.7 Å². The van der Waals surface area contributed by atoms with E-state index in [1.54, 1.807) is 0 Å². The maximum atomic E-state index is 13.2. The lowest BCUT2D eigenvalue weighted by atomic mass is 9.99. The largest absolute Gasteiger partial charge is 0.317 e. The van der Waals surface area contributed by atoms with Crippen LogP contribution in [-0.4, -0.2) is 26.3 Å². The molecule has 2 rings (SSSR count). The lowest BCUT2D eigenvalue weighted by Crippen LogP contribution is -2.46. The molecule has 1 fully saturated rings. The van der Waals surface area contributed by atoms with Gasteiger partial charge in [0.25, 0.3) is 0 Å². The summed E-state index contributed by atoms with van der Waals surface area (Å²) in [7, 11) is -4.02. The molecule has 0 bridgehead atoms. The Morgan fingerprint density at radius 3 is 2.37 bits per heavy atom. The summed E-state index contributed by atoms with van der Waals surface area (Å²) in [5.41, 5.74) is 0. The number of nitriles is 1. The fourth-order valence-electron chi connectivity index (χ4n) is 2.14. The minimum absolute atomic E-state index is 0.130. The predicted octanol–water partition coefficient (Wildman–Crippen LogP) is 1.38. The SMILES string of the molecule is N#CC1(S(=O)(=O)c2ccc(F)c(F)c2)CCNCC1. The van der Waals surface area contributed by atoms with Crippen molar-refractivity contribution in [3.05, 3.63) is 29.8 Å². The molecule has 0 unspecified atom stereocenters. The first-order valence-electron chi connectivity index (χ1n) is 5.75. The lowest BCUT2D eigenvalue weighted by molar-refractivity contribution is 0.443. The van der Waals surface area contributed by atoms with Crippen molar-refractivity contribution < 1.29 is 17.2 Å². The van der Waals surface area contributed by atoms with Gasteiger partial charge in [-0.05, 0) is 44.1 Å². The summed E-state index contributed by atoms with van der Waals surface area (Å²) in [4.78, 5) is -0.352. The number of rotatable bonds is 2. The van der Waals surface area contributed by atoms with Crippen LogP contribution in [0.25, 0.3) is 0 Å². The van der Waals surface area contributed by atoms with Gasteiger partial charge in [0.05, 0.1) is 11.0 Å². The van der Waals surface area contributed by atoms with Crippen LogP contribution in [0, 0.1) is 23.0 Å². The molecule has 0 atom stereocenters. The number of nitrogens with zero attached hydrogens (tertiary/aromatic N) is 1. The first-order valence-corrected chi connectivity index (χ1v) is 7.23. The molecule has 102 valence electrons. The van der Waals surface area contributed by atoms with E-state index in [1.165, 1.54) is 0 Å². The number of nitrogens with one attached hydrogen (secondary N) is 1. The Balaban J connectivity index is 2.52. The Morgan fingerprint density at radius 2 is 1.84 bits per heavy atom. The number of halogens is 2. The van der Waals surface area contributed by atoms with Crippen LogP contribution >= 0.6 is 0 Å². The van der Waals surface area contributed by atoms with Gasteiger partial charge >= 0.3 is 0 Å².